The van der Waals surface area contributed by atoms with Crippen molar-refractivity contribution in [3.8, 4) is 0 Å². The van der Waals surface area contributed by atoms with E-state index in [1.54, 1.807) is 12.1 Å². The molecule has 2 N–H and O–H groups in total. The maximum absolute atomic E-state index is 13.8. The first-order valence-electron chi connectivity index (χ1n) is 5.77. The first-order chi connectivity index (χ1) is 9.02. The summed E-state index contributed by atoms with van der Waals surface area (Å²) in [5.74, 6) is -0.442. The highest BCUT2D eigenvalue weighted by Gasteiger charge is 2.14. The van der Waals surface area contributed by atoms with Crippen LogP contribution in [0.1, 0.15) is 25.5 Å². The minimum Gasteiger partial charge on any atom is -0.392 e. The topological polar surface area (TPSA) is 70.9 Å². The van der Waals surface area contributed by atoms with Crippen molar-refractivity contribution in [3.05, 3.63) is 40.1 Å². The number of H-pyrrole nitrogens is 1. The van der Waals surface area contributed by atoms with Crippen molar-refractivity contribution in [3.63, 3.8) is 0 Å². The zero-order valence-electron chi connectivity index (χ0n) is 10.6. The number of aliphatic hydroxyl groups excluding tert-OH is 1. The lowest BCUT2D eigenvalue weighted by atomic mass is 10.2. The van der Waals surface area contributed by atoms with E-state index in [2.05, 4.69) is 10.2 Å². The molecule has 2 rings (SSSR count). The number of aromatic nitrogens is 3. The number of hydrogen-bond donors (Lipinski definition) is 2. The van der Waals surface area contributed by atoms with Gasteiger partial charge in [-0.1, -0.05) is 6.07 Å². The maximum atomic E-state index is 13.8. The summed E-state index contributed by atoms with van der Waals surface area (Å²) >= 11 is 1.07. The fraction of sp³-hybridized carbons (Fsp3) is 0.333. The van der Waals surface area contributed by atoms with Crippen molar-refractivity contribution in [2.24, 2.45) is 0 Å². The summed E-state index contributed by atoms with van der Waals surface area (Å²) in [5.41, 5.74) is 0.190. The van der Waals surface area contributed by atoms with Gasteiger partial charge >= 0.3 is 5.69 Å². The van der Waals surface area contributed by atoms with Crippen LogP contribution < -0.4 is 5.69 Å². The zero-order valence-corrected chi connectivity index (χ0v) is 11.4. The van der Waals surface area contributed by atoms with Crippen molar-refractivity contribution in [2.75, 3.05) is 0 Å². The number of hydrogen-bond acceptors (Lipinski definition) is 4. The van der Waals surface area contributed by atoms with Gasteiger partial charge in [-0.25, -0.2) is 14.3 Å². The SMILES string of the molecule is CC(C)n1c(Sc2ccc(CO)cc2F)n[nH]c1=O. The minimum absolute atomic E-state index is 0.0615. The van der Waals surface area contributed by atoms with Crippen LogP contribution in [0, 0.1) is 5.82 Å². The van der Waals surface area contributed by atoms with Crippen molar-refractivity contribution in [1.82, 2.24) is 14.8 Å². The van der Waals surface area contributed by atoms with Crippen molar-refractivity contribution in [2.45, 2.75) is 36.5 Å². The average Bonchev–Trinajstić information content (AvgIpc) is 2.73. The van der Waals surface area contributed by atoms with E-state index in [-0.39, 0.29) is 18.3 Å². The largest absolute Gasteiger partial charge is 0.392 e. The van der Waals surface area contributed by atoms with Gasteiger partial charge in [-0.15, -0.1) is 5.10 Å². The highest BCUT2D eigenvalue weighted by molar-refractivity contribution is 7.99. The van der Waals surface area contributed by atoms with Gasteiger partial charge in [0.25, 0.3) is 0 Å². The molecule has 19 heavy (non-hydrogen) atoms. The fourth-order valence-electron chi connectivity index (χ4n) is 1.64. The summed E-state index contributed by atoms with van der Waals surface area (Å²) in [6.45, 7) is 3.50. The standard InChI is InChI=1S/C12H14FN3O2S/c1-7(2)16-11(18)14-15-12(16)19-10-4-3-8(6-17)5-9(10)13/h3-5,7,17H,6H2,1-2H3,(H,14,18). The zero-order chi connectivity index (χ0) is 14.0. The van der Waals surface area contributed by atoms with Gasteiger partial charge in [0.2, 0.25) is 0 Å². The summed E-state index contributed by atoms with van der Waals surface area (Å²) in [5, 5.41) is 15.6. The number of halogens is 1. The lowest BCUT2D eigenvalue weighted by Gasteiger charge is -2.09. The van der Waals surface area contributed by atoms with Crippen LogP contribution in [0.15, 0.2) is 33.0 Å². The monoisotopic (exact) mass is 283 g/mol. The molecule has 0 unspecified atom stereocenters. The highest BCUT2D eigenvalue weighted by atomic mass is 32.2. The van der Waals surface area contributed by atoms with Gasteiger partial charge in [-0.05, 0) is 43.3 Å². The van der Waals surface area contributed by atoms with Crippen LogP contribution in [0.4, 0.5) is 4.39 Å². The fourth-order valence-corrected chi connectivity index (χ4v) is 2.61. The third-order valence-electron chi connectivity index (χ3n) is 2.57. The van der Waals surface area contributed by atoms with Crippen molar-refractivity contribution in [1.29, 1.82) is 0 Å². The van der Waals surface area contributed by atoms with Crippen LogP contribution in [-0.4, -0.2) is 19.9 Å². The Morgan fingerprint density at radius 1 is 1.53 bits per heavy atom. The van der Waals surface area contributed by atoms with E-state index in [1.165, 1.54) is 10.6 Å². The van der Waals surface area contributed by atoms with E-state index < -0.39 is 5.82 Å². The highest BCUT2D eigenvalue weighted by Crippen LogP contribution is 2.29. The number of nitrogens with zero attached hydrogens (tertiary/aromatic N) is 2. The Hall–Kier alpha value is -1.60. The molecule has 7 heteroatoms. The molecule has 0 bridgehead atoms. The number of rotatable bonds is 4. The lowest BCUT2D eigenvalue weighted by molar-refractivity contribution is 0.281. The average molecular weight is 283 g/mol. The molecule has 5 nitrogen and oxygen atoms in total. The summed E-state index contributed by atoms with van der Waals surface area (Å²) in [6.07, 6.45) is 0. The molecule has 0 spiro atoms. The van der Waals surface area contributed by atoms with Crippen LogP contribution in [0.5, 0.6) is 0 Å². The first kappa shape index (κ1) is 13.8. The third kappa shape index (κ3) is 2.87. The van der Waals surface area contributed by atoms with Crippen LogP contribution in [-0.2, 0) is 6.61 Å². The van der Waals surface area contributed by atoms with Gasteiger partial charge in [-0.2, -0.15) is 0 Å². The molecule has 0 amide bonds. The van der Waals surface area contributed by atoms with Gasteiger partial charge < -0.3 is 5.11 Å². The van der Waals surface area contributed by atoms with E-state index in [4.69, 9.17) is 5.11 Å². The normalized spacial score (nSPS) is 11.2. The molecule has 1 aromatic heterocycles. The molecule has 0 aliphatic heterocycles. The van der Waals surface area contributed by atoms with Gasteiger partial charge in [0.05, 0.1) is 11.5 Å². The Morgan fingerprint density at radius 3 is 2.84 bits per heavy atom. The van der Waals surface area contributed by atoms with E-state index in [0.717, 1.165) is 11.8 Å². The summed E-state index contributed by atoms with van der Waals surface area (Å²) in [4.78, 5) is 11.9. The van der Waals surface area contributed by atoms with Crippen LogP contribution in [0.25, 0.3) is 0 Å². The molecule has 1 heterocycles. The molecular weight excluding hydrogens is 269 g/mol. The van der Waals surface area contributed by atoms with Crippen LogP contribution in [0.2, 0.25) is 0 Å². The Labute approximate surface area is 113 Å². The molecule has 0 saturated heterocycles. The Balaban J connectivity index is 2.34. The van der Waals surface area contributed by atoms with E-state index in [0.29, 0.717) is 15.6 Å². The number of aliphatic hydroxyl groups is 1. The van der Waals surface area contributed by atoms with E-state index >= 15 is 0 Å². The lowest BCUT2D eigenvalue weighted by Crippen LogP contribution is -2.19. The Morgan fingerprint density at radius 2 is 2.26 bits per heavy atom. The molecular formula is C12H14FN3O2S. The number of aromatic amines is 1. The summed E-state index contributed by atoms with van der Waals surface area (Å²) < 4.78 is 15.3. The van der Waals surface area contributed by atoms with E-state index in [1.807, 2.05) is 13.8 Å². The van der Waals surface area contributed by atoms with Gasteiger partial charge in [0.15, 0.2) is 5.16 Å². The second kappa shape index (κ2) is 5.58. The van der Waals surface area contributed by atoms with Crippen molar-refractivity contribution < 1.29 is 9.50 Å². The Bertz CT molecular complexity index is 636. The maximum Gasteiger partial charge on any atom is 0.344 e. The number of benzene rings is 1. The Kier molecular flexibility index (Phi) is 4.06. The molecule has 0 saturated carbocycles. The first-order valence-corrected chi connectivity index (χ1v) is 6.58. The second-order valence-corrected chi connectivity index (χ2v) is 5.31. The summed E-state index contributed by atoms with van der Waals surface area (Å²) in [7, 11) is 0. The summed E-state index contributed by atoms with van der Waals surface area (Å²) in [6, 6.07) is 4.41. The number of nitrogens with one attached hydrogen (secondary N) is 1. The molecule has 0 aliphatic rings. The molecule has 0 atom stereocenters. The molecule has 102 valence electrons. The third-order valence-corrected chi connectivity index (χ3v) is 3.59. The quantitative estimate of drug-likeness (QED) is 0.899. The van der Waals surface area contributed by atoms with E-state index in [9.17, 15) is 9.18 Å². The van der Waals surface area contributed by atoms with Gasteiger partial charge in [0.1, 0.15) is 5.82 Å². The predicted molar refractivity (Wildman–Crippen MR) is 69.7 cm³/mol. The van der Waals surface area contributed by atoms with Crippen LogP contribution >= 0.6 is 11.8 Å². The molecule has 1 aromatic carbocycles. The van der Waals surface area contributed by atoms with Gasteiger partial charge in [0, 0.05) is 6.04 Å². The van der Waals surface area contributed by atoms with Gasteiger partial charge in [-0.3, -0.25) is 4.57 Å². The second-order valence-electron chi connectivity index (χ2n) is 4.30. The molecule has 0 aliphatic carbocycles. The minimum atomic E-state index is -0.442. The van der Waals surface area contributed by atoms with Crippen molar-refractivity contribution >= 4 is 11.8 Å². The predicted octanol–water partition coefficient (Wildman–Crippen LogP) is 1.93. The molecule has 2 aromatic rings. The smallest absolute Gasteiger partial charge is 0.344 e. The molecule has 0 fully saturated rings. The van der Waals surface area contributed by atoms with Crippen LogP contribution in [0.3, 0.4) is 0 Å². The molecule has 0 radical (unpaired) electrons.